The Morgan fingerprint density at radius 2 is 2.56 bits per heavy atom. The number of ether oxygens (including phenoxy) is 1. The van der Waals surface area contributed by atoms with Crippen LogP contribution in [0.15, 0.2) is 12.4 Å². The molecule has 0 amide bonds. The van der Waals surface area contributed by atoms with E-state index >= 15 is 0 Å². The minimum absolute atomic E-state index is 0.0121. The minimum Gasteiger partial charge on any atom is -0.381 e. The van der Waals surface area contributed by atoms with Gasteiger partial charge in [0.25, 0.3) is 0 Å². The first-order valence-electron chi connectivity index (χ1n) is 5.49. The number of carbonyl (C=O) groups is 1. The second-order valence-electron chi connectivity index (χ2n) is 4.09. The molecule has 0 saturated carbocycles. The van der Waals surface area contributed by atoms with E-state index in [9.17, 15) is 4.79 Å². The number of halogens is 1. The summed E-state index contributed by atoms with van der Waals surface area (Å²) in [6, 6.07) is 0. The van der Waals surface area contributed by atoms with Crippen molar-refractivity contribution in [1.29, 1.82) is 0 Å². The molecule has 88 valence electrons. The summed E-state index contributed by atoms with van der Waals surface area (Å²) in [4.78, 5) is 11.3. The summed E-state index contributed by atoms with van der Waals surface area (Å²) in [7, 11) is 0. The fraction of sp³-hybridized carbons (Fsp3) is 0.636. The predicted molar refractivity (Wildman–Crippen MR) is 60.8 cm³/mol. The third-order valence-corrected chi connectivity index (χ3v) is 3.02. The van der Waals surface area contributed by atoms with Crippen LogP contribution in [0, 0.1) is 5.92 Å². The topological polar surface area (TPSA) is 44.1 Å². The second-order valence-corrected chi connectivity index (χ2v) is 4.36. The van der Waals surface area contributed by atoms with Crippen LogP contribution in [-0.4, -0.2) is 34.7 Å². The molecule has 0 aromatic carbocycles. The van der Waals surface area contributed by atoms with Crippen molar-refractivity contribution >= 4 is 17.4 Å². The van der Waals surface area contributed by atoms with Crippen molar-refractivity contribution in [3.63, 3.8) is 0 Å². The third kappa shape index (κ3) is 2.83. The van der Waals surface area contributed by atoms with Gasteiger partial charge in [-0.3, -0.25) is 9.48 Å². The number of rotatable bonds is 4. The number of hydrogen-bond acceptors (Lipinski definition) is 3. The standard InChI is InChI=1S/C11H15ClN2O2/c12-4-11(15)10-5-13-14(7-10)6-9-2-1-3-16-8-9/h5,7,9H,1-4,6,8H2/t9-/m1/s1. The quantitative estimate of drug-likeness (QED) is 0.597. The first-order chi connectivity index (χ1) is 7.79. The Labute approximate surface area is 99.5 Å². The molecule has 1 aromatic heterocycles. The average molecular weight is 243 g/mol. The molecule has 1 aliphatic heterocycles. The molecule has 1 aliphatic rings. The van der Waals surface area contributed by atoms with Gasteiger partial charge in [0.05, 0.1) is 24.2 Å². The molecule has 1 atom stereocenters. The summed E-state index contributed by atoms with van der Waals surface area (Å²) in [5.74, 6) is 0.443. The molecule has 1 saturated heterocycles. The van der Waals surface area contributed by atoms with Crippen molar-refractivity contribution in [3.8, 4) is 0 Å². The van der Waals surface area contributed by atoms with E-state index in [1.807, 2.05) is 0 Å². The Morgan fingerprint density at radius 1 is 1.69 bits per heavy atom. The SMILES string of the molecule is O=C(CCl)c1cnn(C[C@H]2CCCOC2)c1. The van der Waals surface area contributed by atoms with Crippen molar-refractivity contribution in [2.24, 2.45) is 5.92 Å². The normalized spacial score (nSPS) is 20.9. The Hall–Kier alpha value is -0.870. The van der Waals surface area contributed by atoms with E-state index in [2.05, 4.69) is 5.10 Å². The summed E-state index contributed by atoms with van der Waals surface area (Å²) < 4.78 is 7.21. The van der Waals surface area contributed by atoms with Gasteiger partial charge in [-0.1, -0.05) is 0 Å². The van der Waals surface area contributed by atoms with Crippen LogP contribution in [0.2, 0.25) is 0 Å². The Morgan fingerprint density at radius 3 is 3.25 bits per heavy atom. The van der Waals surface area contributed by atoms with Crippen LogP contribution in [0.5, 0.6) is 0 Å². The van der Waals surface area contributed by atoms with Gasteiger partial charge in [-0.05, 0) is 12.8 Å². The molecule has 0 N–H and O–H groups in total. The van der Waals surface area contributed by atoms with Gasteiger partial charge in [0.1, 0.15) is 0 Å². The second kappa shape index (κ2) is 5.46. The number of ketones is 1. The molecule has 2 rings (SSSR count). The molecule has 1 aromatic rings. The van der Waals surface area contributed by atoms with Crippen molar-refractivity contribution < 1.29 is 9.53 Å². The lowest BCUT2D eigenvalue weighted by atomic mass is 10.0. The van der Waals surface area contributed by atoms with Gasteiger partial charge in [-0.15, -0.1) is 11.6 Å². The lowest BCUT2D eigenvalue weighted by Crippen LogP contribution is -2.22. The zero-order valence-corrected chi connectivity index (χ0v) is 9.82. The molecule has 4 nitrogen and oxygen atoms in total. The Balaban J connectivity index is 1.94. The predicted octanol–water partition coefficient (Wildman–Crippen LogP) is 1.73. The van der Waals surface area contributed by atoms with E-state index in [1.54, 1.807) is 17.1 Å². The zero-order valence-electron chi connectivity index (χ0n) is 9.06. The molecule has 0 spiro atoms. The number of hydrogen-bond donors (Lipinski definition) is 0. The van der Waals surface area contributed by atoms with Gasteiger partial charge >= 0.3 is 0 Å². The summed E-state index contributed by atoms with van der Waals surface area (Å²) in [6.07, 6.45) is 5.62. The monoisotopic (exact) mass is 242 g/mol. The Kier molecular flexibility index (Phi) is 3.96. The number of alkyl halides is 1. The third-order valence-electron chi connectivity index (χ3n) is 2.78. The van der Waals surface area contributed by atoms with E-state index in [1.165, 1.54) is 6.42 Å². The van der Waals surface area contributed by atoms with Gasteiger partial charge in [-0.2, -0.15) is 5.10 Å². The van der Waals surface area contributed by atoms with Crippen molar-refractivity contribution in [2.45, 2.75) is 19.4 Å². The summed E-state index contributed by atoms with van der Waals surface area (Å²) in [6.45, 7) is 2.47. The molecule has 16 heavy (non-hydrogen) atoms. The highest BCUT2D eigenvalue weighted by atomic mass is 35.5. The summed E-state index contributed by atoms with van der Waals surface area (Å²) >= 11 is 5.48. The fourth-order valence-corrected chi connectivity index (χ4v) is 2.05. The molecule has 5 heteroatoms. The molecule has 2 heterocycles. The van der Waals surface area contributed by atoms with E-state index < -0.39 is 0 Å². The number of carbonyl (C=O) groups excluding carboxylic acids is 1. The van der Waals surface area contributed by atoms with E-state index in [0.717, 1.165) is 26.2 Å². The first-order valence-corrected chi connectivity index (χ1v) is 6.02. The molecular formula is C11H15ClN2O2. The van der Waals surface area contributed by atoms with Gasteiger partial charge in [0.2, 0.25) is 0 Å². The van der Waals surface area contributed by atoms with Crippen molar-refractivity contribution in [3.05, 3.63) is 18.0 Å². The molecule has 0 aliphatic carbocycles. The first kappa shape index (κ1) is 11.6. The molecule has 0 radical (unpaired) electrons. The molecule has 0 unspecified atom stereocenters. The zero-order chi connectivity index (χ0) is 11.4. The van der Waals surface area contributed by atoms with Crippen LogP contribution in [0.4, 0.5) is 0 Å². The number of Topliss-reactive ketones (excluding diaryl/α,β-unsaturated/α-hetero) is 1. The maximum atomic E-state index is 11.3. The number of aromatic nitrogens is 2. The van der Waals surface area contributed by atoms with Crippen LogP contribution >= 0.6 is 11.6 Å². The minimum atomic E-state index is -0.0761. The van der Waals surface area contributed by atoms with Crippen LogP contribution in [0.3, 0.4) is 0 Å². The van der Waals surface area contributed by atoms with Gasteiger partial charge in [0.15, 0.2) is 5.78 Å². The largest absolute Gasteiger partial charge is 0.381 e. The van der Waals surface area contributed by atoms with Gasteiger partial charge < -0.3 is 4.74 Å². The average Bonchev–Trinajstić information content (AvgIpc) is 2.78. The maximum absolute atomic E-state index is 11.3. The number of nitrogens with zero attached hydrogens (tertiary/aromatic N) is 2. The lowest BCUT2D eigenvalue weighted by Gasteiger charge is -2.21. The lowest BCUT2D eigenvalue weighted by molar-refractivity contribution is 0.0470. The van der Waals surface area contributed by atoms with Crippen LogP contribution in [0.25, 0.3) is 0 Å². The highest BCUT2D eigenvalue weighted by molar-refractivity contribution is 6.30. The van der Waals surface area contributed by atoms with Gasteiger partial charge in [-0.25, -0.2) is 0 Å². The van der Waals surface area contributed by atoms with E-state index in [4.69, 9.17) is 16.3 Å². The molecule has 0 bridgehead atoms. The smallest absolute Gasteiger partial charge is 0.180 e. The van der Waals surface area contributed by atoms with Crippen LogP contribution < -0.4 is 0 Å². The summed E-state index contributed by atoms with van der Waals surface area (Å²) in [5.41, 5.74) is 0.590. The highest BCUT2D eigenvalue weighted by Gasteiger charge is 2.15. The van der Waals surface area contributed by atoms with Crippen molar-refractivity contribution in [1.82, 2.24) is 9.78 Å². The van der Waals surface area contributed by atoms with Crippen LogP contribution in [0.1, 0.15) is 23.2 Å². The highest BCUT2D eigenvalue weighted by Crippen LogP contribution is 2.15. The fourth-order valence-electron chi connectivity index (χ4n) is 1.90. The Bertz CT molecular complexity index is 359. The summed E-state index contributed by atoms with van der Waals surface area (Å²) in [5, 5.41) is 4.16. The van der Waals surface area contributed by atoms with Gasteiger partial charge in [0, 0.05) is 25.3 Å². The molecule has 1 fully saturated rings. The van der Waals surface area contributed by atoms with E-state index in [-0.39, 0.29) is 11.7 Å². The van der Waals surface area contributed by atoms with Crippen LogP contribution in [-0.2, 0) is 11.3 Å². The van der Waals surface area contributed by atoms with Crippen molar-refractivity contribution in [2.75, 3.05) is 19.1 Å². The van der Waals surface area contributed by atoms with E-state index in [0.29, 0.717) is 11.5 Å². The maximum Gasteiger partial charge on any atom is 0.180 e. The molecular weight excluding hydrogens is 228 g/mol.